The zero-order chi connectivity index (χ0) is 19.3. The molecule has 3 aromatic rings. The van der Waals surface area contributed by atoms with E-state index in [0.29, 0.717) is 10.0 Å². The minimum absolute atomic E-state index is 0.0248. The molecule has 1 amide bonds. The van der Waals surface area contributed by atoms with E-state index in [1.165, 1.54) is 11.9 Å². The summed E-state index contributed by atoms with van der Waals surface area (Å²) in [5.41, 5.74) is 3.90. The van der Waals surface area contributed by atoms with Crippen molar-refractivity contribution in [3.05, 3.63) is 82.2 Å². The van der Waals surface area contributed by atoms with E-state index in [4.69, 9.17) is 23.2 Å². The summed E-state index contributed by atoms with van der Waals surface area (Å²) in [5, 5.41) is 3.95. The van der Waals surface area contributed by atoms with Crippen LogP contribution < -0.4 is 5.32 Å². The molecule has 1 heterocycles. The van der Waals surface area contributed by atoms with Gasteiger partial charge in [0.1, 0.15) is 6.33 Å². The maximum atomic E-state index is 10.3. The number of halogens is 2. The number of carbonyl (C=O) groups is 1. The number of benzene rings is 2. The number of aryl methyl sites for hydroxylation is 1. The molecule has 138 valence electrons. The standard InChI is InChI=1S/C11H8Cl2N2.C10H11NO/c1-7-4-11(15-6-14-7)8-2-3-9(12)10(13)5-8;12-8-11-10(6-7-10)9-4-2-1-3-5-9/h2-6H,1H3;1-5,8H,6-7H2,(H,11,12). The van der Waals surface area contributed by atoms with Crippen LogP contribution in [0.1, 0.15) is 24.1 Å². The highest BCUT2D eigenvalue weighted by atomic mass is 35.5. The van der Waals surface area contributed by atoms with Crippen LogP contribution in [-0.2, 0) is 10.3 Å². The molecule has 1 saturated carbocycles. The number of nitrogens with one attached hydrogen (secondary N) is 1. The zero-order valence-electron chi connectivity index (χ0n) is 14.8. The lowest BCUT2D eigenvalue weighted by Gasteiger charge is -2.13. The molecular weight excluding hydrogens is 381 g/mol. The van der Waals surface area contributed by atoms with Gasteiger partial charge in [-0.2, -0.15) is 0 Å². The summed E-state index contributed by atoms with van der Waals surface area (Å²) in [4.78, 5) is 18.5. The summed E-state index contributed by atoms with van der Waals surface area (Å²) in [7, 11) is 0. The molecule has 0 radical (unpaired) electrons. The molecule has 4 rings (SSSR count). The van der Waals surface area contributed by atoms with Crippen molar-refractivity contribution in [1.29, 1.82) is 0 Å². The lowest BCUT2D eigenvalue weighted by Crippen LogP contribution is -2.27. The van der Waals surface area contributed by atoms with Crippen molar-refractivity contribution in [3.8, 4) is 11.3 Å². The molecule has 4 nitrogen and oxygen atoms in total. The Balaban J connectivity index is 0.000000159. The fourth-order valence-corrected chi connectivity index (χ4v) is 3.08. The minimum atomic E-state index is -0.0248. The summed E-state index contributed by atoms with van der Waals surface area (Å²) in [6, 6.07) is 17.5. The van der Waals surface area contributed by atoms with Crippen LogP contribution in [0.2, 0.25) is 10.0 Å². The normalized spacial score (nSPS) is 13.9. The summed E-state index contributed by atoms with van der Waals surface area (Å²) < 4.78 is 0. The first-order valence-corrected chi connectivity index (χ1v) is 9.31. The quantitative estimate of drug-likeness (QED) is 0.614. The summed E-state index contributed by atoms with van der Waals surface area (Å²) >= 11 is 11.8. The zero-order valence-corrected chi connectivity index (χ0v) is 16.3. The first-order valence-electron chi connectivity index (χ1n) is 8.55. The molecule has 2 aromatic carbocycles. The minimum Gasteiger partial charge on any atom is -0.349 e. The van der Waals surface area contributed by atoms with Crippen LogP contribution in [0.5, 0.6) is 0 Å². The van der Waals surface area contributed by atoms with Gasteiger partial charge in [0.15, 0.2) is 0 Å². The van der Waals surface area contributed by atoms with E-state index in [-0.39, 0.29) is 5.54 Å². The second kappa shape index (κ2) is 8.51. The van der Waals surface area contributed by atoms with Gasteiger partial charge in [-0.05, 0) is 43.5 Å². The van der Waals surface area contributed by atoms with E-state index in [1.807, 2.05) is 37.3 Å². The second-order valence-electron chi connectivity index (χ2n) is 6.38. The highest BCUT2D eigenvalue weighted by Crippen LogP contribution is 2.44. The summed E-state index contributed by atoms with van der Waals surface area (Å²) in [5.74, 6) is 0. The topological polar surface area (TPSA) is 54.9 Å². The highest BCUT2D eigenvalue weighted by Gasteiger charge is 2.43. The maximum absolute atomic E-state index is 10.3. The van der Waals surface area contributed by atoms with Crippen LogP contribution >= 0.6 is 23.2 Å². The van der Waals surface area contributed by atoms with Crippen LogP contribution in [0, 0.1) is 6.92 Å². The lowest BCUT2D eigenvalue weighted by molar-refractivity contribution is -0.110. The predicted octanol–water partition coefficient (Wildman–Crippen LogP) is 5.18. The van der Waals surface area contributed by atoms with Gasteiger partial charge in [-0.25, -0.2) is 9.97 Å². The van der Waals surface area contributed by atoms with E-state index in [0.717, 1.165) is 36.2 Å². The molecule has 0 bridgehead atoms. The fourth-order valence-electron chi connectivity index (χ4n) is 2.78. The largest absolute Gasteiger partial charge is 0.349 e. The summed E-state index contributed by atoms with van der Waals surface area (Å²) in [6.45, 7) is 1.92. The van der Waals surface area contributed by atoms with Gasteiger partial charge in [-0.3, -0.25) is 4.79 Å². The van der Waals surface area contributed by atoms with E-state index in [9.17, 15) is 4.79 Å². The Hall–Kier alpha value is -2.43. The monoisotopic (exact) mass is 399 g/mol. The predicted molar refractivity (Wildman–Crippen MR) is 109 cm³/mol. The first kappa shape index (κ1) is 19.3. The fraction of sp³-hybridized carbons (Fsp3) is 0.190. The number of nitrogens with zero attached hydrogens (tertiary/aromatic N) is 2. The summed E-state index contributed by atoms with van der Waals surface area (Å²) in [6.07, 6.45) is 4.46. The van der Waals surface area contributed by atoms with Crippen molar-refractivity contribution >= 4 is 29.6 Å². The number of amides is 1. The van der Waals surface area contributed by atoms with Crippen molar-refractivity contribution in [2.45, 2.75) is 25.3 Å². The average molecular weight is 400 g/mol. The second-order valence-corrected chi connectivity index (χ2v) is 7.20. The Labute approximate surface area is 168 Å². The van der Waals surface area contributed by atoms with Gasteiger partial charge >= 0.3 is 0 Å². The van der Waals surface area contributed by atoms with Crippen LogP contribution in [-0.4, -0.2) is 16.4 Å². The van der Waals surface area contributed by atoms with Gasteiger partial charge in [0, 0.05) is 11.3 Å². The van der Waals surface area contributed by atoms with Crippen molar-refractivity contribution in [2.24, 2.45) is 0 Å². The Morgan fingerprint density at radius 2 is 1.74 bits per heavy atom. The molecular formula is C21H19Cl2N3O. The molecule has 6 heteroatoms. The molecule has 0 aliphatic heterocycles. The smallest absolute Gasteiger partial charge is 0.207 e. The Morgan fingerprint density at radius 3 is 2.33 bits per heavy atom. The number of aromatic nitrogens is 2. The third kappa shape index (κ3) is 4.85. The third-order valence-corrected chi connectivity index (χ3v) is 5.17. The van der Waals surface area contributed by atoms with Crippen molar-refractivity contribution in [1.82, 2.24) is 15.3 Å². The molecule has 1 N–H and O–H groups in total. The SMILES string of the molecule is Cc1cc(-c2ccc(Cl)c(Cl)c2)ncn1.O=CNC1(c2ccccc2)CC1. The van der Waals surface area contributed by atoms with Gasteiger partial charge in [0.05, 0.1) is 21.3 Å². The van der Waals surface area contributed by atoms with Gasteiger partial charge in [-0.15, -0.1) is 0 Å². The van der Waals surface area contributed by atoms with Crippen LogP contribution in [0.25, 0.3) is 11.3 Å². The molecule has 0 spiro atoms. The molecule has 0 saturated heterocycles. The van der Waals surface area contributed by atoms with E-state index in [1.54, 1.807) is 12.1 Å². The van der Waals surface area contributed by atoms with Crippen LogP contribution in [0.4, 0.5) is 0 Å². The molecule has 0 unspecified atom stereocenters. The average Bonchev–Trinajstić information content (AvgIpc) is 3.46. The van der Waals surface area contributed by atoms with Crippen LogP contribution in [0.15, 0.2) is 60.9 Å². The number of hydrogen-bond donors (Lipinski definition) is 1. The third-order valence-electron chi connectivity index (χ3n) is 4.43. The molecule has 1 aliphatic rings. The number of carbonyl (C=O) groups excluding carboxylic acids is 1. The van der Waals surface area contributed by atoms with Crippen molar-refractivity contribution in [2.75, 3.05) is 0 Å². The van der Waals surface area contributed by atoms with Crippen LogP contribution in [0.3, 0.4) is 0 Å². The molecule has 0 atom stereocenters. The van der Waals surface area contributed by atoms with E-state index in [2.05, 4.69) is 27.4 Å². The number of hydrogen-bond acceptors (Lipinski definition) is 3. The van der Waals surface area contributed by atoms with Gasteiger partial charge in [-0.1, -0.05) is 59.6 Å². The molecule has 1 aliphatic carbocycles. The Bertz CT molecular complexity index is 928. The van der Waals surface area contributed by atoms with Gasteiger partial charge < -0.3 is 5.32 Å². The first-order chi connectivity index (χ1) is 13.0. The van der Waals surface area contributed by atoms with Gasteiger partial charge in [0.25, 0.3) is 0 Å². The van der Waals surface area contributed by atoms with Gasteiger partial charge in [0.2, 0.25) is 6.41 Å². The Kier molecular flexibility index (Phi) is 6.09. The molecule has 27 heavy (non-hydrogen) atoms. The van der Waals surface area contributed by atoms with Crippen molar-refractivity contribution < 1.29 is 4.79 Å². The highest BCUT2D eigenvalue weighted by molar-refractivity contribution is 6.42. The molecule has 1 fully saturated rings. The maximum Gasteiger partial charge on any atom is 0.207 e. The molecule has 1 aromatic heterocycles. The van der Waals surface area contributed by atoms with E-state index >= 15 is 0 Å². The number of rotatable bonds is 4. The van der Waals surface area contributed by atoms with E-state index < -0.39 is 0 Å². The van der Waals surface area contributed by atoms with Crippen molar-refractivity contribution in [3.63, 3.8) is 0 Å². The lowest BCUT2D eigenvalue weighted by atomic mass is 10.1. The Morgan fingerprint density at radius 1 is 1.00 bits per heavy atom.